The molecule has 3 N–H and O–H groups in total. The fraction of sp³-hybridized carbons (Fsp3) is 0.663. The summed E-state index contributed by atoms with van der Waals surface area (Å²) in [5, 5.41) is 8.45. The van der Waals surface area contributed by atoms with E-state index in [1.165, 1.54) is 32.9 Å². The van der Waals surface area contributed by atoms with E-state index in [4.69, 9.17) is 57.6 Å². The molecule has 140 heavy (non-hydrogen) atoms. The Hall–Kier alpha value is -9.56. The third-order valence-corrected chi connectivity index (χ3v) is 29.7. The fourth-order valence-corrected chi connectivity index (χ4v) is 21.9. The number of alkyl carbamates (subject to hydrolysis) is 3. The first-order valence-electron chi connectivity index (χ1n) is 48.1. The predicted molar refractivity (Wildman–Crippen MR) is 477 cm³/mol. The maximum absolute atomic E-state index is 14.1. The van der Waals surface area contributed by atoms with Crippen molar-refractivity contribution in [2.24, 2.45) is 63.6 Å². The number of carbonyl (C=O) groups is 6. The zero-order chi connectivity index (χ0) is 97.7. The van der Waals surface area contributed by atoms with E-state index in [9.17, 15) is 69.5 Å². The molecule has 33 nitrogen and oxygen atoms in total. The van der Waals surface area contributed by atoms with Gasteiger partial charge in [-0.1, -0.05) is 140 Å². The quantitative estimate of drug-likeness (QED) is 0.0841. The van der Waals surface area contributed by atoms with Crippen molar-refractivity contribution in [3.8, 4) is 52.1 Å². The van der Waals surface area contributed by atoms with E-state index in [0.29, 0.717) is 64.7 Å². The van der Waals surface area contributed by atoms with Gasteiger partial charge in [0.2, 0.25) is 52.6 Å². The molecule has 4 saturated carbocycles. The van der Waals surface area contributed by atoms with Crippen molar-refractivity contribution in [1.82, 2.24) is 60.6 Å². The second-order valence-corrected chi connectivity index (χ2v) is 42.5. The number of hydrogen-bond acceptors (Lipinski definition) is 27. The Morgan fingerprint density at radius 2 is 0.721 bits per heavy atom. The van der Waals surface area contributed by atoms with Gasteiger partial charge in [0, 0.05) is 55.7 Å². The number of aryl methyl sites for hydroxylation is 3. The van der Waals surface area contributed by atoms with Crippen molar-refractivity contribution in [2.75, 3.05) is 19.6 Å². The maximum atomic E-state index is 14.1. The largest absolute Gasteiger partial charge is 0.586 e. The van der Waals surface area contributed by atoms with Gasteiger partial charge in [0.05, 0.1) is 36.2 Å². The summed E-state index contributed by atoms with van der Waals surface area (Å²) < 4.78 is 149. The van der Waals surface area contributed by atoms with Crippen molar-refractivity contribution in [2.45, 2.75) is 329 Å². The number of fused-ring (bicyclic) bond motifs is 23. The fourth-order valence-electron chi connectivity index (χ4n) is 21.9. The number of alkyl halides is 6. The van der Waals surface area contributed by atoms with Crippen LogP contribution in [-0.4, -0.2) is 210 Å². The van der Waals surface area contributed by atoms with Crippen LogP contribution in [0.2, 0.25) is 0 Å². The van der Waals surface area contributed by atoms with E-state index in [1.54, 1.807) is 39.0 Å². The molecule has 12 heterocycles. The summed E-state index contributed by atoms with van der Waals surface area (Å²) in [4.78, 5) is 151. The van der Waals surface area contributed by atoms with Crippen LogP contribution in [0.15, 0.2) is 36.4 Å². The van der Waals surface area contributed by atoms with Gasteiger partial charge in [-0.3, -0.25) is 14.4 Å². The first kappa shape index (κ1) is 106. The first-order chi connectivity index (χ1) is 64.9. The van der Waals surface area contributed by atoms with Crippen molar-refractivity contribution >= 4 is 88.0 Å². The molecule has 19 rings (SSSR count). The van der Waals surface area contributed by atoms with Crippen LogP contribution in [0, 0.1) is 63.6 Å². The average Bonchev–Trinajstić information content (AvgIpc) is 1.60. The van der Waals surface area contributed by atoms with Gasteiger partial charge < -0.3 is 102 Å². The normalized spacial score (nSPS) is 31.3. The van der Waals surface area contributed by atoms with Crippen LogP contribution >= 0.6 is 0 Å². The molecule has 2 unspecified atom stereocenters. The number of benzene rings is 3. The van der Waals surface area contributed by atoms with Gasteiger partial charge in [-0.05, 0) is 216 Å². The van der Waals surface area contributed by atoms with Crippen molar-refractivity contribution in [3.63, 3.8) is 0 Å². The molecule has 0 spiro atoms. The molecule has 757 valence electrons. The second kappa shape index (κ2) is 41.6. The Balaban J connectivity index is 0.000000165. The number of ether oxygens (including phenoxy) is 12. The molecule has 6 aromatic rings. The third kappa shape index (κ3) is 22.4. The average molecular weight is 2070 g/mol. The van der Waals surface area contributed by atoms with E-state index < -0.39 is 149 Å². The number of aromatic nitrogens is 6. The summed E-state index contributed by atoms with van der Waals surface area (Å²) in [6, 6.07) is 2.95. The van der Waals surface area contributed by atoms with Gasteiger partial charge in [-0.2, -0.15) is 0 Å². The molecule has 6 amide bonds. The van der Waals surface area contributed by atoms with Crippen molar-refractivity contribution < 1.29 is 182 Å². The third-order valence-electron chi connectivity index (χ3n) is 29.7. The summed E-state index contributed by atoms with van der Waals surface area (Å²) in [7, 11) is 0. The molecular formula is C98H119F6N12O21V3-3. The van der Waals surface area contributed by atoms with E-state index in [0.717, 1.165) is 128 Å². The summed E-state index contributed by atoms with van der Waals surface area (Å²) in [6.45, 7) is 23.8. The Kier molecular flexibility index (Phi) is 31.6. The number of carbonyl (C=O) groups excluding carboxylic acids is 9. The van der Waals surface area contributed by atoms with Gasteiger partial charge in [-0.25, -0.2) is 63.1 Å². The SMILES string of the molecule is C[C@@H]1[C@@H]2CN(C(=O)[C@H](C(C)(C)C)NC(=O)O[C@@H]3CC4CC4[C@H]3CCCCCc3nc4ccc5c(c4nc3O2)OC(F)(F)O5)[C@@H]1[C-]=O.C[C@@H]1[C@@H]2CN(C(=O)[C@H](C(C)(C)C)NC(=O)O[C@@H]3CCC[C@H]3CCCCCc3nc4ccc5c(c4nc3O2)OC(F)(F)O5)[C@@H]1[C-]=O.C[C@@H]1[C@@H]2CN(C(=O)[C@H](C(C)(C)C)NC(=O)O[C@]3(C)CCC[C@H]3CCCCCc3nc4ccc5c(c4nc3O2)OC(F)(F)O5)[C@@H]1[C-]=O.[V].[V].[V]. The molecule has 3 saturated heterocycles. The van der Waals surface area contributed by atoms with Crippen LogP contribution in [0.5, 0.6) is 52.1 Å². The van der Waals surface area contributed by atoms with E-state index >= 15 is 0 Å². The van der Waals surface area contributed by atoms with E-state index in [2.05, 4.69) is 45.1 Å². The molecule has 6 bridgehead atoms. The molecule has 3 aromatic heterocycles. The number of hydrogen-bond donors (Lipinski definition) is 3. The Morgan fingerprint density at radius 1 is 0.371 bits per heavy atom. The predicted octanol–water partition coefficient (Wildman–Crippen LogP) is 15.5. The molecule has 9 aliphatic heterocycles. The molecule has 3 aromatic carbocycles. The molecule has 42 heteroatoms. The van der Waals surface area contributed by atoms with Crippen molar-refractivity contribution in [3.05, 3.63) is 53.5 Å². The Bertz CT molecular complexity index is 5550. The molecule has 7 fully saturated rings. The zero-order valence-electron chi connectivity index (χ0n) is 80.5. The molecular weight excluding hydrogens is 1950 g/mol. The summed E-state index contributed by atoms with van der Waals surface area (Å²) in [5.41, 5.74) is 0.0908. The standard InChI is InChI=1S/C33H39F2N4O7.C33H41F2N4O7.C32H39F2N4O7.3V/c1-16-22(15-40)39-14-25(16)43-29-21(36-20-10-11-23-27(26(20)37-29)46-33(34,35)45-23)9-7-5-6-8-18-19-12-17(19)13-24(18)44-31(42)38-28(30(39)41)32(2,3)4;1-18-22(17-40)39-16-24(18)43-28-21(36-20-13-14-23-26(25(20)37-28)45-33(34,35)44-23)12-8-6-7-10-19-11-9-15-32(19,5)46-30(42)38-27(29(39)41)31(2,3)4;1-17-21(16-39)38-15-24(17)42-28-20(35-19-13-14-23-26(25(19)36-28)45-32(33,34)44-23)11-7-5-6-9-18-10-8-12-22(18)43-30(41)37-27(29(38)40)31(2,3)4;;;/h10-11,16-19,22,24-25,28H,5-9,12-14H2,1-4H3,(H,38,42);13-14,18-19,22,24,27H,6-12,15-16H2,1-5H3,(H,38,42);13-14,17-18,21-22,24,27H,5-12,15H2,1-4H3,(H,37,41);;;/q3*-1;;;/t16-,17?,18+,19?,22+,24+,25-,28+;18-,19+,22+,24-,27+,32+;17-,18+,21+,22+,24-,27+;;;/m000.../s1. The second-order valence-electron chi connectivity index (χ2n) is 42.5. The van der Waals surface area contributed by atoms with Gasteiger partial charge in [0.1, 0.15) is 87.9 Å². The minimum Gasteiger partial charge on any atom is -0.540 e. The summed E-state index contributed by atoms with van der Waals surface area (Å²) in [5.74, 6) is -1.86. The van der Waals surface area contributed by atoms with Gasteiger partial charge in [0.15, 0.2) is 17.2 Å². The zero-order valence-corrected chi connectivity index (χ0v) is 84.7. The minimum atomic E-state index is -3.84. The molecule has 13 aliphatic rings. The smallest absolute Gasteiger partial charge is 0.540 e. The minimum absolute atomic E-state index is 0. The van der Waals surface area contributed by atoms with Gasteiger partial charge in [0.25, 0.3) is 0 Å². The number of rotatable bonds is 3. The van der Waals surface area contributed by atoms with Crippen LogP contribution in [0.25, 0.3) is 33.1 Å². The number of nitrogens with zero attached hydrogens (tertiary/aromatic N) is 9. The van der Waals surface area contributed by atoms with Gasteiger partial charge >= 0.3 is 37.2 Å². The van der Waals surface area contributed by atoms with Crippen LogP contribution in [0.1, 0.15) is 236 Å². The Morgan fingerprint density at radius 3 is 1.10 bits per heavy atom. The van der Waals surface area contributed by atoms with E-state index in [-0.39, 0.29) is 174 Å². The van der Waals surface area contributed by atoms with Crippen LogP contribution in [0.4, 0.5) is 40.7 Å². The summed E-state index contributed by atoms with van der Waals surface area (Å²) in [6.07, 6.45) is 9.29. The number of halogens is 6. The van der Waals surface area contributed by atoms with Crippen LogP contribution in [-0.2, 0) is 118 Å². The summed E-state index contributed by atoms with van der Waals surface area (Å²) >= 11 is 0. The number of amides is 6. The van der Waals surface area contributed by atoms with Crippen LogP contribution in [0.3, 0.4) is 0 Å². The van der Waals surface area contributed by atoms with E-state index in [1.807, 2.05) is 88.1 Å². The monoisotopic (exact) mass is 2070 g/mol. The maximum Gasteiger partial charge on any atom is 0.586 e. The first-order valence-corrected chi connectivity index (χ1v) is 48.1. The van der Waals surface area contributed by atoms with Crippen molar-refractivity contribution in [1.29, 1.82) is 0 Å². The number of nitrogens with one attached hydrogen (secondary N) is 3. The molecule has 20 atom stereocenters. The Labute approximate surface area is 843 Å². The van der Waals surface area contributed by atoms with Crippen LogP contribution < -0.4 is 58.6 Å². The molecule has 4 aliphatic carbocycles. The van der Waals surface area contributed by atoms with Gasteiger partial charge in [-0.15, -0.1) is 26.3 Å². The molecule has 3 radical (unpaired) electrons. The topological polar surface area (TPSA) is 388 Å².